The molecule has 2 aromatic carbocycles. The standard InChI is InChI=1S/C21H26N2O5S/c1-15-6-4-5-13-23(15)29(25,26)18-10-7-16(8-11-18)21(24)22-19-12-9-17(27-2)14-20(19)28-3/h7-12,14-15H,4-6,13H2,1-3H3,(H,22,24)/t15-/m1/s1. The molecular formula is C21H26N2O5S. The Morgan fingerprint density at radius 2 is 1.79 bits per heavy atom. The number of hydrogen-bond donors (Lipinski definition) is 1. The third kappa shape index (κ3) is 4.54. The van der Waals surface area contributed by atoms with Crippen molar-refractivity contribution in [1.82, 2.24) is 4.31 Å². The molecule has 1 fully saturated rings. The zero-order valence-electron chi connectivity index (χ0n) is 16.8. The highest BCUT2D eigenvalue weighted by Crippen LogP contribution is 2.30. The Morgan fingerprint density at radius 1 is 1.07 bits per heavy atom. The predicted octanol–water partition coefficient (Wildman–Crippen LogP) is 3.52. The van der Waals surface area contributed by atoms with E-state index >= 15 is 0 Å². The first-order valence-corrected chi connectivity index (χ1v) is 11.0. The van der Waals surface area contributed by atoms with Crippen LogP contribution in [-0.4, -0.2) is 45.4 Å². The molecule has 3 rings (SSSR count). The Morgan fingerprint density at radius 3 is 2.41 bits per heavy atom. The van der Waals surface area contributed by atoms with Crippen molar-refractivity contribution in [2.45, 2.75) is 37.1 Å². The monoisotopic (exact) mass is 418 g/mol. The number of nitrogens with zero attached hydrogens (tertiary/aromatic N) is 1. The molecule has 7 nitrogen and oxygen atoms in total. The van der Waals surface area contributed by atoms with Crippen LogP contribution in [0.4, 0.5) is 5.69 Å². The summed E-state index contributed by atoms with van der Waals surface area (Å²) < 4.78 is 37.8. The van der Waals surface area contributed by atoms with Crippen molar-refractivity contribution >= 4 is 21.6 Å². The van der Waals surface area contributed by atoms with Crippen molar-refractivity contribution in [2.24, 2.45) is 0 Å². The van der Waals surface area contributed by atoms with Crippen molar-refractivity contribution in [3.05, 3.63) is 48.0 Å². The third-order valence-electron chi connectivity index (χ3n) is 5.12. The number of methoxy groups -OCH3 is 2. The minimum Gasteiger partial charge on any atom is -0.497 e. The van der Waals surface area contributed by atoms with Gasteiger partial charge in [-0.15, -0.1) is 0 Å². The number of anilines is 1. The van der Waals surface area contributed by atoms with Gasteiger partial charge in [0, 0.05) is 24.2 Å². The second-order valence-corrected chi connectivity index (χ2v) is 8.90. The maximum absolute atomic E-state index is 12.9. The molecule has 0 bridgehead atoms. The van der Waals surface area contributed by atoms with E-state index < -0.39 is 10.0 Å². The van der Waals surface area contributed by atoms with Gasteiger partial charge in [-0.25, -0.2) is 8.42 Å². The Hall–Kier alpha value is -2.58. The summed E-state index contributed by atoms with van der Waals surface area (Å²) in [5, 5.41) is 2.78. The molecular weight excluding hydrogens is 392 g/mol. The molecule has 0 aliphatic carbocycles. The van der Waals surface area contributed by atoms with E-state index in [2.05, 4.69) is 5.32 Å². The molecule has 1 amide bonds. The molecule has 0 spiro atoms. The summed E-state index contributed by atoms with van der Waals surface area (Å²) in [5.41, 5.74) is 0.852. The van der Waals surface area contributed by atoms with Gasteiger partial charge in [0.15, 0.2) is 0 Å². The van der Waals surface area contributed by atoms with Crippen LogP contribution in [0.25, 0.3) is 0 Å². The number of hydrogen-bond acceptors (Lipinski definition) is 5. The van der Waals surface area contributed by atoms with E-state index in [-0.39, 0.29) is 16.8 Å². The first-order valence-electron chi connectivity index (χ1n) is 9.52. The van der Waals surface area contributed by atoms with Crippen LogP contribution < -0.4 is 14.8 Å². The third-order valence-corrected chi connectivity index (χ3v) is 7.15. The fourth-order valence-corrected chi connectivity index (χ4v) is 5.14. The average Bonchev–Trinajstić information content (AvgIpc) is 2.74. The maximum Gasteiger partial charge on any atom is 0.255 e. The van der Waals surface area contributed by atoms with Crippen molar-refractivity contribution in [3.8, 4) is 11.5 Å². The molecule has 1 heterocycles. The fourth-order valence-electron chi connectivity index (χ4n) is 3.44. The highest BCUT2D eigenvalue weighted by molar-refractivity contribution is 7.89. The van der Waals surface area contributed by atoms with Crippen LogP contribution >= 0.6 is 0 Å². The highest BCUT2D eigenvalue weighted by atomic mass is 32.2. The zero-order valence-corrected chi connectivity index (χ0v) is 17.7. The topological polar surface area (TPSA) is 84.9 Å². The number of amides is 1. The van der Waals surface area contributed by atoms with E-state index in [0.717, 1.165) is 19.3 Å². The van der Waals surface area contributed by atoms with Gasteiger partial charge in [-0.1, -0.05) is 6.42 Å². The minimum absolute atomic E-state index is 0.0146. The first-order chi connectivity index (χ1) is 13.9. The molecule has 29 heavy (non-hydrogen) atoms. The van der Waals surface area contributed by atoms with Gasteiger partial charge < -0.3 is 14.8 Å². The Balaban J connectivity index is 1.77. The molecule has 8 heteroatoms. The minimum atomic E-state index is -3.56. The largest absolute Gasteiger partial charge is 0.497 e. The Labute approximate surface area is 171 Å². The summed E-state index contributed by atoms with van der Waals surface area (Å²) in [6.07, 6.45) is 2.78. The lowest BCUT2D eigenvalue weighted by Gasteiger charge is -2.32. The van der Waals surface area contributed by atoms with Crippen molar-refractivity contribution in [2.75, 3.05) is 26.1 Å². The second kappa shape index (κ2) is 8.84. The average molecular weight is 419 g/mol. The van der Waals surface area contributed by atoms with E-state index in [1.54, 1.807) is 29.6 Å². The lowest BCUT2D eigenvalue weighted by molar-refractivity contribution is 0.102. The SMILES string of the molecule is COc1ccc(NC(=O)c2ccc(S(=O)(=O)N3CCCC[C@H]3C)cc2)c(OC)c1. The van der Waals surface area contributed by atoms with Gasteiger partial charge in [-0.2, -0.15) is 4.31 Å². The van der Waals surface area contributed by atoms with Gasteiger partial charge in [-0.3, -0.25) is 4.79 Å². The molecule has 0 saturated carbocycles. The van der Waals surface area contributed by atoms with Crippen LogP contribution in [0.3, 0.4) is 0 Å². The van der Waals surface area contributed by atoms with Crippen LogP contribution in [-0.2, 0) is 10.0 Å². The molecule has 0 aromatic heterocycles. The van der Waals surface area contributed by atoms with Gasteiger partial charge in [0.05, 0.1) is 24.8 Å². The van der Waals surface area contributed by atoms with Crippen LogP contribution in [0.1, 0.15) is 36.5 Å². The lowest BCUT2D eigenvalue weighted by Crippen LogP contribution is -2.41. The molecule has 2 aromatic rings. The number of rotatable bonds is 6. The maximum atomic E-state index is 12.9. The quantitative estimate of drug-likeness (QED) is 0.776. The van der Waals surface area contributed by atoms with Gasteiger partial charge in [0.1, 0.15) is 11.5 Å². The normalized spacial score (nSPS) is 17.6. The second-order valence-electron chi connectivity index (χ2n) is 7.01. The molecule has 1 saturated heterocycles. The van der Waals surface area contributed by atoms with E-state index in [1.807, 2.05) is 6.92 Å². The lowest BCUT2D eigenvalue weighted by atomic mass is 10.1. The van der Waals surface area contributed by atoms with Gasteiger partial charge in [-0.05, 0) is 56.2 Å². The van der Waals surface area contributed by atoms with Gasteiger partial charge in [0.2, 0.25) is 10.0 Å². The molecule has 1 aliphatic rings. The van der Waals surface area contributed by atoms with Crippen LogP contribution in [0.5, 0.6) is 11.5 Å². The summed E-state index contributed by atoms with van der Waals surface area (Å²) in [6.45, 7) is 2.46. The molecule has 1 aliphatic heterocycles. The number of ether oxygens (including phenoxy) is 2. The molecule has 156 valence electrons. The summed E-state index contributed by atoms with van der Waals surface area (Å²) in [6, 6.07) is 11.1. The van der Waals surface area contributed by atoms with Gasteiger partial charge >= 0.3 is 0 Å². The summed E-state index contributed by atoms with van der Waals surface area (Å²) >= 11 is 0. The van der Waals surface area contributed by atoms with E-state index in [4.69, 9.17) is 9.47 Å². The van der Waals surface area contributed by atoms with Crippen molar-refractivity contribution < 1.29 is 22.7 Å². The zero-order chi connectivity index (χ0) is 21.0. The summed E-state index contributed by atoms with van der Waals surface area (Å²) in [5.74, 6) is 0.723. The molecule has 1 atom stereocenters. The summed E-state index contributed by atoms with van der Waals surface area (Å²) in [7, 11) is -0.509. The number of piperidine rings is 1. The van der Waals surface area contributed by atoms with Crippen molar-refractivity contribution in [1.29, 1.82) is 0 Å². The first kappa shape index (κ1) is 21.1. The number of nitrogens with one attached hydrogen (secondary N) is 1. The predicted molar refractivity (Wildman–Crippen MR) is 111 cm³/mol. The number of carbonyl (C=O) groups excluding carboxylic acids is 1. The smallest absolute Gasteiger partial charge is 0.255 e. The van der Waals surface area contributed by atoms with E-state index in [0.29, 0.717) is 29.3 Å². The number of carbonyl (C=O) groups is 1. The number of sulfonamides is 1. The van der Waals surface area contributed by atoms with Crippen LogP contribution in [0.2, 0.25) is 0 Å². The highest BCUT2D eigenvalue weighted by Gasteiger charge is 2.30. The fraction of sp³-hybridized carbons (Fsp3) is 0.381. The summed E-state index contributed by atoms with van der Waals surface area (Å²) in [4.78, 5) is 12.8. The van der Waals surface area contributed by atoms with E-state index in [9.17, 15) is 13.2 Å². The molecule has 1 N–H and O–H groups in total. The van der Waals surface area contributed by atoms with Crippen molar-refractivity contribution in [3.63, 3.8) is 0 Å². The van der Waals surface area contributed by atoms with Crippen LogP contribution in [0.15, 0.2) is 47.4 Å². The molecule has 0 radical (unpaired) electrons. The number of benzene rings is 2. The van der Waals surface area contributed by atoms with Gasteiger partial charge in [0.25, 0.3) is 5.91 Å². The van der Waals surface area contributed by atoms with Crippen LogP contribution in [0, 0.1) is 0 Å². The Bertz CT molecular complexity index is 973. The Kier molecular flexibility index (Phi) is 6.44. The molecule has 0 unspecified atom stereocenters. The van der Waals surface area contributed by atoms with E-state index in [1.165, 1.54) is 31.4 Å².